The van der Waals surface area contributed by atoms with Crippen LogP contribution in [0.5, 0.6) is 0 Å². The molecule has 1 fully saturated rings. The Morgan fingerprint density at radius 1 is 1.56 bits per heavy atom. The van der Waals surface area contributed by atoms with Crippen molar-refractivity contribution in [2.45, 2.75) is 19.0 Å². The highest BCUT2D eigenvalue weighted by Gasteiger charge is 2.42. The van der Waals surface area contributed by atoms with Gasteiger partial charge >= 0.3 is 6.18 Å². The van der Waals surface area contributed by atoms with E-state index in [1.165, 1.54) is 0 Å². The molecule has 0 amide bonds. The second-order valence-corrected chi connectivity index (χ2v) is 4.36. The third-order valence-corrected chi connectivity index (χ3v) is 2.90. The summed E-state index contributed by atoms with van der Waals surface area (Å²) in [6, 6.07) is 0. The zero-order chi connectivity index (χ0) is 13.6. The van der Waals surface area contributed by atoms with Crippen molar-refractivity contribution >= 4 is 5.84 Å². The molecule has 0 saturated carbocycles. The highest BCUT2D eigenvalue weighted by Crippen LogP contribution is 2.26. The summed E-state index contributed by atoms with van der Waals surface area (Å²) in [5, 5.41) is 13.5. The highest BCUT2D eigenvalue weighted by atomic mass is 19.4. The molecule has 1 heterocycles. The lowest BCUT2D eigenvalue weighted by molar-refractivity contribution is -0.155. The molecule has 1 saturated heterocycles. The highest BCUT2D eigenvalue weighted by molar-refractivity contribution is 5.83. The fraction of sp³-hybridized carbons (Fsp3) is 0.900. The Kier molecular flexibility index (Phi) is 5.67. The van der Waals surface area contributed by atoms with Gasteiger partial charge < -0.3 is 21.0 Å². The molecule has 0 aromatic heterocycles. The topological polar surface area (TPSA) is 79.9 Å². The molecule has 2 atom stereocenters. The van der Waals surface area contributed by atoms with E-state index in [1.807, 2.05) is 0 Å². The van der Waals surface area contributed by atoms with Gasteiger partial charge in [0.2, 0.25) is 0 Å². The molecule has 0 spiro atoms. The van der Waals surface area contributed by atoms with E-state index in [4.69, 9.17) is 15.7 Å². The average molecular weight is 269 g/mol. The molecule has 106 valence electrons. The third kappa shape index (κ3) is 4.69. The molecule has 8 heteroatoms. The van der Waals surface area contributed by atoms with Crippen LogP contribution in [0.25, 0.3) is 0 Å². The summed E-state index contributed by atoms with van der Waals surface area (Å²) in [4.78, 5) is 0. The minimum Gasteiger partial charge on any atom is -0.409 e. The van der Waals surface area contributed by atoms with E-state index >= 15 is 0 Å². The van der Waals surface area contributed by atoms with Gasteiger partial charge in [-0.15, -0.1) is 0 Å². The minimum atomic E-state index is -4.52. The molecule has 0 aliphatic carbocycles. The van der Waals surface area contributed by atoms with Gasteiger partial charge in [0.25, 0.3) is 0 Å². The first-order valence-corrected chi connectivity index (χ1v) is 5.77. The lowest BCUT2D eigenvalue weighted by atomic mass is 10.0. The van der Waals surface area contributed by atoms with Crippen molar-refractivity contribution in [1.82, 2.24) is 5.32 Å². The number of nitrogens with one attached hydrogen (secondary N) is 1. The van der Waals surface area contributed by atoms with E-state index in [0.717, 1.165) is 12.8 Å². The van der Waals surface area contributed by atoms with Gasteiger partial charge in [-0.25, -0.2) is 0 Å². The number of rotatable bonds is 5. The summed E-state index contributed by atoms with van der Waals surface area (Å²) in [5.74, 6) is -2.57. The van der Waals surface area contributed by atoms with Gasteiger partial charge in [-0.3, -0.25) is 0 Å². The summed E-state index contributed by atoms with van der Waals surface area (Å²) >= 11 is 0. The van der Waals surface area contributed by atoms with E-state index in [1.54, 1.807) is 0 Å². The number of alkyl halides is 3. The van der Waals surface area contributed by atoms with Crippen molar-refractivity contribution in [2.24, 2.45) is 22.7 Å². The van der Waals surface area contributed by atoms with Gasteiger partial charge in [0.05, 0.1) is 6.61 Å². The predicted octanol–water partition coefficient (Wildman–Crippen LogP) is 0.927. The number of amidine groups is 1. The van der Waals surface area contributed by atoms with Gasteiger partial charge in [0, 0.05) is 19.7 Å². The van der Waals surface area contributed by atoms with Crippen LogP contribution < -0.4 is 11.1 Å². The molecule has 1 aliphatic heterocycles. The van der Waals surface area contributed by atoms with Crippen molar-refractivity contribution in [3.05, 3.63) is 0 Å². The molecule has 2 unspecified atom stereocenters. The maximum absolute atomic E-state index is 12.6. The van der Waals surface area contributed by atoms with E-state index in [2.05, 4.69) is 10.5 Å². The number of nitrogens with two attached hydrogens (primary N) is 1. The van der Waals surface area contributed by atoms with Crippen LogP contribution in [0.15, 0.2) is 5.16 Å². The van der Waals surface area contributed by atoms with Crippen LogP contribution in [0.3, 0.4) is 0 Å². The second kappa shape index (κ2) is 6.79. The van der Waals surface area contributed by atoms with Crippen molar-refractivity contribution in [1.29, 1.82) is 0 Å². The number of hydrogen-bond acceptors (Lipinski definition) is 4. The fourth-order valence-corrected chi connectivity index (χ4v) is 1.86. The Labute approximate surface area is 103 Å². The maximum atomic E-state index is 12.6. The standard InChI is InChI=1S/C10H18F3N3O2/c11-10(12,13)8(9(14)16-17)5-15-4-7-2-1-3-18-6-7/h7-8,15,17H,1-6H2,(H2,14,16). The molecular formula is C10H18F3N3O2. The van der Waals surface area contributed by atoms with E-state index < -0.39 is 24.5 Å². The van der Waals surface area contributed by atoms with E-state index in [-0.39, 0.29) is 5.92 Å². The van der Waals surface area contributed by atoms with Gasteiger partial charge in [-0.05, 0) is 18.8 Å². The second-order valence-electron chi connectivity index (χ2n) is 4.36. The molecular weight excluding hydrogens is 251 g/mol. The SMILES string of the molecule is NC(=NO)C(CNCC1CCCOC1)C(F)(F)F. The largest absolute Gasteiger partial charge is 0.409 e. The normalized spacial score (nSPS) is 23.9. The molecule has 0 aromatic rings. The zero-order valence-corrected chi connectivity index (χ0v) is 9.91. The van der Waals surface area contributed by atoms with Crippen LogP contribution in [0, 0.1) is 11.8 Å². The molecule has 0 aromatic carbocycles. The molecule has 4 N–H and O–H groups in total. The van der Waals surface area contributed by atoms with E-state index in [9.17, 15) is 13.2 Å². The Morgan fingerprint density at radius 3 is 2.78 bits per heavy atom. The lowest BCUT2D eigenvalue weighted by Crippen LogP contribution is -2.44. The summed E-state index contributed by atoms with van der Waals surface area (Å²) in [6.07, 6.45) is -2.66. The van der Waals surface area contributed by atoms with Crippen LogP contribution in [-0.4, -0.2) is 43.5 Å². The Balaban J connectivity index is 2.37. The van der Waals surface area contributed by atoms with Gasteiger partial charge in [-0.1, -0.05) is 5.16 Å². The average Bonchev–Trinajstić information content (AvgIpc) is 2.33. The Bertz CT molecular complexity index is 278. The first kappa shape index (κ1) is 15.0. The maximum Gasteiger partial charge on any atom is 0.400 e. The fourth-order valence-electron chi connectivity index (χ4n) is 1.86. The van der Waals surface area contributed by atoms with Gasteiger partial charge in [0.15, 0.2) is 5.84 Å². The smallest absolute Gasteiger partial charge is 0.400 e. The molecule has 5 nitrogen and oxygen atoms in total. The lowest BCUT2D eigenvalue weighted by Gasteiger charge is -2.24. The molecule has 0 bridgehead atoms. The molecule has 18 heavy (non-hydrogen) atoms. The number of nitrogens with zero attached hydrogens (tertiary/aromatic N) is 1. The van der Waals surface area contributed by atoms with Crippen molar-refractivity contribution in [3.63, 3.8) is 0 Å². The summed E-state index contributed by atoms with van der Waals surface area (Å²) in [6.45, 7) is 1.32. The number of oxime groups is 1. The third-order valence-electron chi connectivity index (χ3n) is 2.90. The predicted molar refractivity (Wildman–Crippen MR) is 59.4 cm³/mol. The summed E-state index contributed by atoms with van der Waals surface area (Å²) in [5.41, 5.74) is 5.04. The van der Waals surface area contributed by atoms with Crippen LogP contribution in [0.2, 0.25) is 0 Å². The molecule has 1 rings (SSSR count). The summed E-state index contributed by atoms with van der Waals surface area (Å²) < 4.78 is 43.0. The van der Waals surface area contributed by atoms with Crippen LogP contribution in [0.4, 0.5) is 13.2 Å². The number of ether oxygens (including phenoxy) is 1. The van der Waals surface area contributed by atoms with Crippen LogP contribution >= 0.6 is 0 Å². The monoisotopic (exact) mass is 269 g/mol. The first-order chi connectivity index (χ1) is 8.45. The zero-order valence-electron chi connectivity index (χ0n) is 9.91. The van der Waals surface area contributed by atoms with Crippen molar-refractivity contribution in [2.75, 3.05) is 26.3 Å². The molecule has 1 aliphatic rings. The Morgan fingerprint density at radius 2 is 2.28 bits per heavy atom. The van der Waals surface area contributed by atoms with Crippen molar-refractivity contribution < 1.29 is 23.1 Å². The Hall–Kier alpha value is -1.02. The molecule has 0 radical (unpaired) electrons. The first-order valence-electron chi connectivity index (χ1n) is 5.77. The quantitative estimate of drug-likeness (QED) is 0.300. The van der Waals surface area contributed by atoms with Gasteiger partial charge in [0.1, 0.15) is 5.92 Å². The van der Waals surface area contributed by atoms with Crippen molar-refractivity contribution in [3.8, 4) is 0 Å². The van der Waals surface area contributed by atoms with Crippen LogP contribution in [0.1, 0.15) is 12.8 Å². The minimum absolute atomic E-state index is 0.222. The number of hydrogen-bond donors (Lipinski definition) is 3. The summed E-state index contributed by atoms with van der Waals surface area (Å²) in [7, 11) is 0. The van der Waals surface area contributed by atoms with Gasteiger partial charge in [-0.2, -0.15) is 13.2 Å². The number of halogens is 3. The van der Waals surface area contributed by atoms with E-state index in [0.29, 0.717) is 19.8 Å². The van der Waals surface area contributed by atoms with Crippen LogP contribution in [-0.2, 0) is 4.74 Å².